The van der Waals surface area contributed by atoms with Crippen LogP contribution in [0.3, 0.4) is 0 Å². The normalized spacial score (nSPS) is 10.3. The number of likely N-dealkylation sites (N-methyl/N-ethyl adjacent to an activating group) is 1. The molecule has 0 spiro atoms. The minimum atomic E-state index is -0.117. The quantitative estimate of drug-likeness (QED) is 0.849. The molecule has 0 atom stereocenters. The molecule has 106 valence electrons. The third kappa shape index (κ3) is 3.78. The Balaban J connectivity index is 1.86. The second-order valence-electron chi connectivity index (χ2n) is 4.53. The summed E-state index contributed by atoms with van der Waals surface area (Å²) in [6, 6.07) is 8.92. The second-order valence-corrected chi connectivity index (χ2v) is 4.94. The number of hydrogen-bond donors (Lipinski definition) is 0. The van der Waals surface area contributed by atoms with Gasteiger partial charge in [0.25, 0.3) is 5.91 Å². The highest BCUT2D eigenvalue weighted by atomic mass is 35.5. The van der Waals surface area contributed by atoms with Crippen molar-refractivity contribution in [1.29, 1.82) is 0 Å². The van der Waals surface area contributed by atoms with E-state index in [1.165, 1.54) is 0 Å². The highest BCUT2D eigenvalue weighted by Crippen LogP contribution is 2.21. The van der Waals surface area contributed by atoms with E-state index in [1.807, 2.05) is 19.1 Å². The van der Waals surface area contributed by atoms with Gasteiger partial charge < -0.3 is 14.1 Å². The molecule has 4 nitrogen and oxygen atoms in total. The lowest BCUT2D eigenvalue weighted by atomic mass is 10.2. The molecule has 0 aliphatic carbocycles. The molecule has 2 rings (SSSR count). The lowest BCUT2D eigenvalue weighted by Crippen LogP contribution is -2.30. The first-order chi connectivity index (χ1) is 9.56. The van der Waals surface area contributed by atoms with E-state index in [4.69, 9.17) is 20.8 Å². The lowest BCUT2D eigenvalue weighted by molar-refractivity contribution is -0.132. The molecular weight excluding hydrogens is 278 g/mol. The van der Waals surface area contributed by atoms with Gasteiger partial charge in [-0.3, -0.25) is 4.79 Å². The number of nitrogens with zero attached hydrogens (tertiary/aromatic N) is 1. The Morgan fingerprint density at radius 2 is 2.20 bits per heavy atom. The van der Waals surface area contributed by atoms with Gasteiger partial charge in [-0.25, -0.2) is 0 Å². The maximum Gasteiger partial charge on any atom is 0.260 e. The van der Waals surface area contributed by atoms with Crippen molar-refractivity contribution < 1.29 is 13.9 Å². The van der Waals surface area contributed by atoms with E-state index >= 15 is 0 Å². The van der Waals surface area contributed by atoms with E-state index in [1.54, 1.807) is 36.4 Å². The van der Waals surface area contributed by atoms with Crippen LogP contribution in [0.25, 0.3) is 0 Å². The standard InChI is InChI=1S/C15H16ClNO3/c1-11-8-12(5-6-14(11)16)20-10-15(18)17(2)9-13-4-3-7-19-13/h3-8H,9-10H2,1-2H3. The van der Waals surface area contributed by atoms with Gasteiger partial charge in [0.05, 0.1) is 12.8 Å². The largest absolute Gasteiger partial charge is 0.484 e. The van der Waals surface area contributed by atoms with Gasteiger partial charge in [-0.15, -0.1) is 0 Å². The number of carbonyl (C=O) groups excluding carboxylic acids is 1. The molecular formula is C15H16ClNO3. The molecule has 1 amide bonds. The van der Waals surface area contributed by atoms with E-state index in [-0.39, 0.29) is 12.5 Å². The summed E-state index contributed by atoms with van der Waals surface area (Å²) in [4.78, 5) is 13.5. The van der Waals surface area contributed by atoms with Gasteiger partial charge in [0, 0.05) is 12.1 Å². The van der Waals surface area contributed by atoms with Crippen LogP contribution < -0.4 is 4.74 Å². The molecule has 0 radical (unpaired) electrons. The molecule has 1 aromatic carbocycles. The average molecular weight is 294 g/mol. The molecule has 0 saturated carbocycles. The van der Waals surface area contributed by atoms with Crippen molar-refractivity contribution in [3.63, 3.8) is 0 Å². The average Bonchev–Trinajstić information content (AvgIpc) is 2.92. The maximum absolute atomic E-state index is 11.9. The fourth-order valence-corrected chi connectivity index (χ4v) is 1.80. The minimum Gasteiger partial charge on any atom is -0.484 e. The summed E-state index contributed by atoms with van der Waals surface area (Å²) in [7, 11) is 1.71. The summed E-state index contributed by atoms with van der Waals surface area (Å²) in [6.45, 7) is 2.30. The number of ether oxygens (including phenoxy) is 1. The SMILES string of the molecule is Cc1cc(OCC(=O)N(C)Cc2ccco2)ccc1Cl. The second kappa shape index (κ2) is 6.48. The van der Waals surface area contributed by atoms with Gasteiger partial charge in [0.15, 0.2) is 6.61 Å². The van der Waals surface area contributed by atoms with Gasteiger partial charge in [0.1, 0.15) is 11.5 Å². The number of carbonyl (C=O) groups is 1. The molecule has 5 heteroatoms. The van der Waals surface area contributed by atoms with Crippen LogP contribution in [0.4, 0.5) is 0 Å². The molecule has 0 fully saturated rings. The van der Waals surface area contributed by atoms with Crippen molar-refractivity contribution in [3.8, 4) is 5.75 Å². The Morgan fingerprint density at radius 3 is 2.85 bits per heavy atom. The zero-order valence-corrected chi connectivity index (χ0v) is 12.2. The molecule has 0 saturated heterocycles. The van der Waals surface area contributed by atoms with Crippen molar-refractivity contribution in [2.45, 2.75) is 13.5 Å². The van der Waals surface area contributed by atoms with Crippen LogP contribution in [-0.2, 0) is 11.3 Å². The highest BCUT2D eigenvalue weighted by molar-refractivity contribution is 6.31. The van der Waals surface area contributed by atoms with Crippen molar-refractivity contribution in [3.05, 3.63) is 52.9 Å². The van der Waals surface area contributed by atoms with Crippen LogP contribution in [0.5, 0.6) is 5.75 Å². The van der Waals surface area contributed by atoms with Gasteiger partial charge in [0.2, 0.25) is 0 Å². The molecule has 0 unspecified atom stereocenters. The Morgan fingerprint density at radius 1 is 1.40 bits per heavy atom. The van der Waals surface area contributed by atoms with Gasteiger partial charge in [-0.05, 0) is 42.8 Å². The van der Waals surface area contributed by atoms with E-state index in [9.17, 15) is 4.79 Å². The number of amides is 1. The molecule has 20 heavy (non-hydrogen) atoms. The molecule has 0 bridgehead atoms. The zero-order chi connectivity index (χ0) is 14.5. The van der Waals surface area contributed by atoms with Crippen LogP contribution in [-0.4, -0.2) is 24.5 Å². The summed E-state index contributed by atoms with van der Waals surface area (Å²) < 4.78 is 10.7. The summed E-state index contributed by atoms with van der Waals surface area (Å²) in [5, 5.41) is 0.679. The van der Waals surface area contributed by atoms with Crippen LogP contribution in [0.2, 0.25) is 5.02 Å². The van der Waals surface area contributed by atoms with Crippen LogP contribution in [0.1, 0.15) is 11.3 Å². The van der Waals surface area contributed by atoms with Crippen LogP contribution in [0, 0.1) is 6.92 Å². The highest BCUT2D eigenvalue weighted by Gasteiger charge is 2.11. The first kappa shape index (κ1) is 14.5. The van der Waals surface area contributed by atoms with Crippen LogP contribution in [0.15, 0.2) is 41.0 Å². The number of aryl methyl sites for hydroxylation is 1. The Labute approximate surface area is 122 Å². The molecule has 0 N–H and O–H groups in total. The minimum absolute atomic E-state index is 0.0156. The van der Waals surface area contributed by atoms with E-state index in [0.717, 1.165) is 11.3 Å². The number of rotatable bonds is 5. The fourth-order valence-electron chi connectivity index (χ4n) is 1.69. The summed E-state index contributed by atoms with van der Waals surface area (Å²) >= 11 is 5.93. The summed E-state index contributed by atoms with van der Waals surface area (Å²) in [5.41, 5.74) is 0.917. The van der Waals surface area contributed by atoms with E-state index in [2.05, 4.69) is 0 Å². The van der Waals surface area contributed by atoms with E-state index in [0.29, 0.717) is 17.3 Å². The van der Waals surface area contributed by atoms with Gasteiger partial charge >= 0.3 is 0 Å². The van der Waals surface area contributed by atoms with Crippen molar-refractivity contribution >= 4 is 17.5 Å². The van der Waals surface area contributed by atoms with Crippen molar-refractivity contribution in [2.75, 3.05) is 13.7 Å². The Kier molecular flexibility index (Phi) is 4.69. The van der Waals surface area contributed by atoms with E-state index < -0.39 is 0 Å². The molecule has 2 aromatic rings. The molecule has 1 heterocycles. The third-order valence-electron chi connectivity index (χ3n) is 2.89. The number of furan rings is 1. The number of hydrogen-bond acceptors (Lipinski definition) is 3. The lowest BCUT2D eigenvalue weighted by Gasteiger charge is -2.16. The predicted molar refractivity (Wildman–Crippen MR) is 76.9 cm³/mol. The Bertz CT molecular complexity index is 581. The maximum atomic E-state index is 11.9. The van der Waals surface area contributed by atoms with Gasteiger partial charge in [-0.1, -0.05) is 11.6 Å². The monoisotopic (exact) mass is 293 g/mol. The van der Waals surface area contributed by atoms with Crippen molar-refractivity contribution in [1.82, 2.24) is 4.90 Å². The smallest absolute Gasteiger partial charge is 0.260 e. The fraction of sp³-hybridized carbons (Fsp3) is 0.267. The first-order valence-corrected chi connectivity index (χ1v) is 6.59. The van der Waals surface area contributed by atoms with Gasteiger partial charge in [-0.2, -0.15) is 0 Å². The predicted octanol–water partition coefficient (Wildman–Crippen LogP) is 3.28. The molecule has 0 aliphatic rings. The summed E-state index contributed by atoms with van der Waals surface area (Å²) in [5.74, 6) is 1.25. The van der Waals surface area contributed by atoms with Crippen LogP contribution >= 0.6 is 11.6 Å². The molecule has 1 aromatic heterocycles. The Hall–Kier alpha value is -1.94. The topological polar surface area (TPSA) is 42.7 Å². The summed E-state index contributed by atoms with van der Waals surface area (Å²) in [6.07, 6.45) is 1.58. The van der Waals surface area contributed by atoms with Crippen molar-refractivity contribution in [2.24, 2.45) is 0 Å². The third-order valence-corrected chi connectivity index (χ3v) is 3.31. The zero-order valence-electron chi connectivity index (χ0n) is 11.4. The number of benzene rings is 1. The number of halogens is 1. The first-order valence-electron chi connectivity index (χ1n) is 6.21. The molecule has 0 aliphatic heterocycles.